The summed E-state index contributed by atoms with van der Waals surface area (Å²) in [6.07, 6.45) is 1.89. The predicted octanol–water partition coefficient (Wildman–Crippen LogP) is 5.41. The number of benzene rings is 3. The van der Waals surface area contributed by atoms with E-state index < -0.39 is 11.9 Å². The number of aromatic nitrogens is 2. The Bertz CT molecular complexity index is 1250. The van der Waals surface area contributed by atoms with Gasteiger partial charge < -0.3 is 24.8 Å². The lowest BCUT2D eigenvalue weighted by atomic mass is 10.2. The number of nitrogens with zero attached hydrogens (tertiary/aromatic N) is 2. The molecule has 0 bridgehead atoms. The predicted molar refractivity (Wildman–Crippen MR) is 132 cm³/mol. The number of imidazole rings is 1. The highest BCUT2D eigenvalue weighted by Gasteiger charge is 2.09. The maximum Gasteiger partial charge on any atom is 0.414 e. The first-order valence-corrected chi connectivity index (χ1v) is 10.9. The van der Waals surface area contributed by atoms with Gasteiger partial charge in [-0.15, -0.1) is 0 Å². The molecule has 0 saturated heterocycles. The van der Waals surface area contributed by atoms with Gasteiger partial charge in [0.1, 0.15) is 11.5 Å². The van der Waals surface area contributed by atoms with Crippen molar-refractivity contribution in [2.45, 2.75) is 6.54 Å². The molecule has 8 nitrogen and oxygen atoms in total. The number of ether oxygens (including phenoxy) is 1. The molecule has 0 atom stereocenters. The van der Waals surface area contributed by atoms with Crippen LogP contribution >= 0.6 is 15.9 Å². The molecule has 174 valence electrons. The van der Waals surface area contributed by atoms with Gasteiger partial charge in [-0.25, -0.2) is 14.6 Å². The summed E-state index contributed by atoms with van der Waals surface area (Å²) in [7, 11) is 2.02. The molecule has 3 N–H and O–H groups in total. The summed E-state index contributed by atoms with van der Waals surface area (Å²) in [6, 6.07) is 26.1. The highest BCUT2D eigenvalue weighted by Crippen LogP contribution is 2.25. The van der Waals surface area contributed by atoms with E-state index in [1.807, 2.05) is 73.9 Å². The summed E-state index contributed by atoms with van der Waals surface area (Å²) in [4.78, 5) is 22.7. The second-order valence-electron chi connectivity index (χ2n) is 7.06. The summed E-state index contributed by atoms with van der Waals surface area (Å²) < 4.78 is 9.04. The van der Waals surface area contributed by atoms with Crippen LogP contribution in [0, 0.1) is 0 Å². The molecular formula is C25H22BrN3O5. The number of nitrogens with one attached hydrogen (secondary N) is 1. The number of hydrogen-bond acceptors (Lipinski definition) is 5. The van der Waals surface area contributed by atoms with Crippen LogP contribution < -0.4 is 10.1 Å². The Morgan fingerprint density at radius 3 is 2.24 bits per heavy atom. The van der Waals surface area contributed by atoms with Crippen molar-refractivity contribution in [2.75, 3.05) is 5.32 Å². The maximum atomic E-state index is 9.10. The Kier molecular flexibility index (Phi) is 8.42. The standard InChI is InChI=1S/C23H20BrN3O.C2H2O4/c1-27-22(18-10-12-19(24)13-11-18)16-26-23(27)25-15-17-6-5-9-21(14-17)28-20-7-3-2-4-8-20;3-1(4)2(5)6/h2-14,16H,15H2,1H3,(H,25,26);(H,3,4)(H,5,6). The summed E-state index contributed by atoms with van der Waals surface area (Å²) in [6.45, 7) is 0.663. The molecule has 1 heterocycles. The van der Waals surface area contributed by atoms with Crippen LogP contribution in [-0.2, 0) is 23.2 Å². The number of rotatable bonds is 6. The minimum absolute atomic E-state index is 0.663. The van der Waals surface area contributed by atoms with Gasteiger partial charge in [-0.3, -0.25) is 0 Å². The van der Waals surface area contributed by atoms with Gasteiger partial charge in [0.15, 0.2) is 0 Å². The van der Waals surface area contributed by atoms with Crippen molar-refractivity contribution in [3.05, 3.63) is 95.1 Å². The van der Waals surface area contributed by atoms with E-state index in [1.54, 1.807) is 0 Å². The first-order valence-electron chi connectivity index (χ1n) is 10.1. The van der Waals surface area contributed by atoms with Gasteiger partial charge in [-0.2, -0.15) is 0 Å². The van der Waals surface area contributed by atoms with E-state index >= 15 is 0 Å². The quantitative estimate of drug-likeness (QED) is 0.289. The molecule has 0 aliphatic heterocycles. The SMILES string of the molecule is Cn1c(-c2ccc(Br)cc2)cnc1NCc1cccc(Oc2ccccc2)c1.O=C(O)C(=O)O. The van der Waals surface area contributed by atoms with Gasteiger partial charge in [0.05, 0.1) is 11.9 Å². The molecule has 3 aromatic carbocycles. The maximum absolute atomic E-state index is 9.10. The zero-order valence-electron chi connectivity index (χ0n) is 18.2. The number of aliphatic carboxylic acids is 2. The van der Waals surface area contributed by atoms with E-state index in [9.17, 15) is 0 Å². The Balaban J connectivity index is 0.000000481. The van der Waals surface area contributed by atoms with Crippen molar-refractivity contribution in [3.8, 4) is 22.8 Å². The van der Waals surface area contributed by atoms with Gasteiger partial charge in [0.2, 0.25) is 5.95 Å². The van der Waals surface area contributed by atoms with Crippen LogP contribution in [0.25, 0.3) is 11.3 Å². The molecule has 0 fully saturated rings. The van der Waals surface area contributed by atoms with Crippen molar-refractivity contribution in [1.29, 1.82) is 0 Å². The molecular weight excluding hydrogens is 502 g/mol. The lowest BCUT2D eigenvalue weighted by Gasteiger charge is -2.10. The minimum Gasteiger partial charge on any atom is -0.473 e. The first-order chi connectivity index (χ1) is 16.3. The normalized spacial score (nSPS) is 10.1. The van der Waals surface area contributed by atoms with Crippen LogP contribution in [0.1, 0.15) is 5.56 Å². The number of carboxylic acids is 2. The number of hydrogen-bond donors (Lipinski definition) is 3. The molecule has 0 aliphatic carbocycles. The van der Waals surface area contributed by atoms with Crippen molar-refractivity contribution < 1.29 is 24.5 Å². The summed E-state index contributed by atoms with van der Waals surface area (Å²) in [5, 5.41) is 18.2. The average Bonchev–Trinajstić information content (AvgIpc) is 3.20. The highest BCUT2D eigenvalue weighted by atomic mass is 79.9. The monoisotopic (exact) mass is 523 g/mol. The van der Waals surface area contributed by atoms with E-state index in [2.05, 4.69) is 49.0 Å². The average molecular weight is 524 g/mol. The third kappa shape index (κ3) is 6.94. The van der Waals surface area contributed by atoms with Gasteiger partial charge in [0.25, 0.3) is 0 Å². The second kappa shape index (κ2) is 11.7. The van der Waals surface area contributed by atoms with Crippen molar-refractivity contribution in [3.63, 3.8) is 0 Å². The van der Waals surface area contributed by atoms with E-state index in [-0.39, 0.29) is 0 Å². The molecule has 0 amide bonds. The molecule has 0 aliphatic rings. The van der Waals surface area contributed by atoms with E-state index in [4.69, 9.17) is 24.5 Å². The molecule has 4 aromatic rings. The van der Waals surface area contributed by atoms with Crippen LogP contribution in [0.4, 0.5) is 5.95 Å². The van der Waals surface area contributed by atoms with Crippen molar-refractivity contribution in [2.24, 2.45) is 7.05 Å². The molecule has 0 radical (unpaired) electrons. The van der Waals surface area contributed by atoms with Crippen LogP contribution in [0.3, 0.4) is 0 Å². The Morgan fingerprint density at radius 2 is 1.59 bits per heavy atom. The van der Waals surface area contributed by atoms with Gasteiger partial charge in [0, 0.05) is 18.1 Å². The Hall–Kier alpha value is -4.11. The van der Waals surface area contributed by atoms with E-state index in [1.165, 1.54) is 0 Å². The van der Waals surface area contributed by atoms with Crippen LogP contribution in [0.15, 0.2) is 89.5 Å². The molecule has 0 saturated carbocycles. The van der Waals surface area contributed by atoms with Gasteiger partial charge in [-0.05, 0) is 47.5 Å². The number of para-hydroxylation sites is 1. The lowest BCUT2D eigenvalue weighted by Crippen LogP contribution is -2.09. The second-order valence-corrected chi connectivity index (χ2v) is 7.98. The summed E-state index contributed by atoms with van der Waals surface area (Å²) >= 11 is 3.47. The third-order valence-electron chi connectivity index (χ3n) is 4.64. The number of halogens is 1. The molecule has 0 spiro atoms. The fourth-order valence-electron chi connectivity index (χ4n) is 2.99. The van der Waals surface area contributed by atoms with Gasteiger partial charge in [-0.1, -0.05) is 58.4 Å². The fourth-order valence-corrected chi connectivity index (χ4v) is 3.25. The number of carbonyl (C=O) groups is 2. The van der Waals surface area contributed by atoms with Crippen molar-refractivity contribution >= 4 is 33.8 Å². The molecule has 9 heteroatoms. The number of anilines is 1. The first kappa shape index (κ1) is 24.5. The van der Waals surface area contributed by atoms with Crippen LogP contribution in [-0.4, -0.2) is 31.7 Å². The van der Waals surface area contributed by atoms with Gasteiger partial charge >= 0.3 is 11.9 Å². The zero-order chi connectivity index (χ0) is 24.5. The third-order valence-corrected chi connectivity index (χ3v) is 5.17. The highest BCUT2D eigenvalue weighted by molar-refractivity contribution is 9.10. The summed E-state index contributed by atoms with van der Waals surface area (Å²) in [5.74, 6) is -1.17. The smallest absolute Gasteiger partial charge is 0.414 e. The minimum atomic E-state index is -1.82. The molecule has 1 aromatic heterocycles. The van der Waals surface area contributed by atoms with Crippen molar-refractivity contribution in [1.82, 2.24) is 9.55 Å². The Labute approximate surface area is 204 Å². The Morgan fingerprint density at radius 1 is 0.941 bits per heavy atom. The summed E-state index contributed by atoms with van der Waals surface area (Å²) in [5.41, 5.74) is 3.32. The van der Waals surface area contributed by atoms with Crippen LogP contribution in [0.5, 0.6) is 11.5 Å². The van der Waals surface area contributed by atoms with E-state index in [0.29, 0.717) is 6.54 Å². The van der Waals surface area contributed by atoms with Crippen LogP contribution in [0.2, 0.25) is 0 Å². The lowest BCUT2D eigenvalue weighted by molar-refractivity contribution is -0.159. The number of carboxylic acid groups (broad SMARTS) is 2. The topological polar surface area (TPSA) is 114 Å². The zero-order valence-corrected chi connectivity index (χ0v) is 19.8. The molecule has 4 rings (SSSR count). The van der Waals surface area contributed by atoms with E-state index in [0.717, 1.165) is 38.7 Å². The largest absolute Gasteiger partial charge is 0.473 e. The molecule has 0 unspecified atom stereocenters. The fraction of sp³-hybridized carbons (Fsp3) is 0.0800. The molecule has 34 heavy (non-hydrogen) atoms.